The van der Waals surface area contributed by atoms with Crippen LogP contribution in [0.15, 0.2) is 41.4 Å². The molecule has 0 saturated carbocycles. The number of nitrogens with one attached hydrogen (secondary N) is 1. The highest BCUT2D eigenvalue weighted by molar-refractivity contribution is 5.94. The highest BCUT2D eigenvalue weighted by Gasteiger charge is 2.23. The molecular weight excluding hydrogens is 436 g/mol. The minimum absolute atomic E-state index is 0.0288. The van der Waals surface area contributed by atoms with Crippen molar-refractivity contribution in [3.63, 3.8) is 0 Å². The second-order valence-corrected chi connectivity index (χ2v) is 8.30. The molecule has 5 N–H and O–H groups in total. The Balaban J connectivity index is 1.77. The van der Waals surface area contributed by atoms with Crippen LogP contribution in [0.1, 0.15) is 53.7 Å². The van der Waals surface area contributed by atoms with Crippen LogP contribution in [0.2, 0.25) is 0 Å². The van der Waals surface area contributed by atoms with Crippen molar-refractivity contribution < 1.29 is 23.9 Å². The summed E-state index contributed by atoms with van der Waals surface area (Å²) in [6.07, 6.45) is 1.62. The van der Waals surface area contributed by atoms with Crippen LogP contribution in [0.4, 0.5) is 5.69 Å². The molecule has 3 rings (SSSR count). The first-order chi connectivity index (χ1) is 16.1. The van der Waals surface area contributed by atoms with Crippen LogP contribution in [-0.2, 0) is 33.6 Å². The second kappa shape index (κ2) is 10.7. The van der Waals surface area contributed by atoms with Gasteiger partial charge >= 0.3 is 5.97 Å². The predicted octanol–water partition coefficient (Wildman–Crippen LogP) is 1.89. The zero-order chi connectivity index (χ0) is 24.8. The molecule has 2 aromatic carbocycles. The van der Waals surface area contributed by atoms with Gasteiger partial charge in [0, 0.05) is 12.8 Å². The van der Waals surface area contributed by atoms with Crippen molar-refractivity contribution in [1.82, 2.24) is 5.32 Å². The van der Waals surface area contributed by atoms with Gasteiger partial charge in [-0.25, -0.2) is 9.79 Å². The van der Waals surface area contributed by atoms with Gasteiger partial charge in [-0.2, -0.15) is 0 Å². The molecule has 0 bridgehead atoms. The van der Waals surface area contributed by atoms with Crippen LogP contribution in [0.5, 0.6) is 5.75 Å². The molecule has 0 aromatic heterocycles. The fourth-order valence-corrected chi connectivity index (χ4v) is 3.94. The first kappa shape index (κ1) is 24.6. The summed E-state index contributed by atoms with van der Waals surface area (Å²) >= 11 is 0. The third-order valence-electron chi connectivity index (χ3n) is 5.58. The van der Waals surface area contributed by atoms with Gasteiger partial charge in [-0.1, -0.05) is 12.1 Å². The number of nitrogens with zero attached hydrogens (tertiary/aromatic N) is 1. The zero-order valence-corrected chi connectivity index (χ0v) is 19.2. The third-order valence-corrected chi connectivity index (χ3v) is 5.58. The lowest BCUT2D eigenvalue weighted by Crippen LogP contribution is -2.41. The molecule has 1 aliphatic rings. The summed E-state index contributed by atoms with van der Waals surface area (Å²) < 4.78 is 5.66. The number of esters is 1. The van der Waals surface area contributed by atoms with Gasteiger partial charge in [-0.3, -0.25) is 14.4 Å². The smallest absolute Gasteiger partial charge is 0.343 e. The largest absolute Gasteiger partial charge is 0.423 e. The number of Topliss-reactive ketones (excluding diaryl/α,β-unsaturated/α-hetero) is 2. The van der Waals surface area contributed by atoms with E-state index in [0.717, 1.165) is 16.7 Å². The lowest BCUT2D eigenvalue weighted by atomic mass is 9.93. The minimum atomic E-state index is -0.821. The molecule has 0 aliphatic carbocycles. The molecule has 1 atom stereocenters. The highest BCUT2D eigenvalue weighted by atomic mass is 16.5. The topological polar surface area (TPSA) is 154 Å². The number of benzene rings is 2. The molecule has 9 heteroatoms. The van der Waals surface area contributed by atoms with E-state index in [2.05, 4.69) is 10.3 Å². The first-order valence-electron chi connectivity index (χ1n) is 11.0. The number of aliphatic imine (C=N–C) groups is 1. The zero-order valence-electron chi connectivity index (χ0n) is 19.2. The molecule has 0 unspecified atom stereocenters. The average Bonchev–Trinajstić information content (AvgIpc) is 2.74. The number of guanidine groups is 1. The number of fused-ring (bicyclic) bond motifs is 2. The normalized spacial score (nSPS) is 13.3. The Labute approximate surface area is 197 Å². The Bertz CT molecular complexity index is 1170. The van der Waals surface area contributed by atoms with Crippen molar-refractivity contribution >= 4 is 35.1 Å². The van der Waals surface area contributed by atoms with E-state index in [1.807, 2.05) is 6.07 Å². The molecule has 2 aromatic rings. The van der Waals surface area contributed by atoms with Gasteiger partial charge in [0.25, 0.3) is 0 Å². The number of rotatable bonds is 8. The van der Waals surface area contributed by atoms with Gasteiger partial charge in [0.2, 0.25) is 5.91 Å². The molecule has 178 valence electrons. The average molecular weight is 465 g/mol. The molecule has 0 fully saturated rings. The van der Waals surface area contributed by atoms with Crippen LogP contribution in [-0.4, -0.2) is 35.4 Å². The molecule has 1 aliphatic heterocycles. The molecule has 1 heterocycles. The van der Waals surface area contributed by atoms with E-state index < -0.39 is 12.0 Å². The van der Waals surface area contributed by atoms with Crippen LogP contribution in [0, 0.1) is 0 Å². The van der Waals surface area contributed by atoms with Gasteiger partial charge in [-0.15, -0.1) is 0 Å². The Morgan fingerprint density at radius 3 is 2.56 bits per heavy atom. The van der Waals surface area contributed by atoms with Crippen molar-refractivity contribution in [2.75, 3.05) is 0 Å². The molecule has 9 nitrogen and oxygen atoms in total. The van der Waals surface area contributed by atoms with Gasteiger partial charge in [0.15, 0.2) is 11.7 Å². The summed E-state index contributed by atoms with van der Waals surface area (Å²) in [7, 11) is 0. The maximum absolute atomic E-state index is 12.8. The van der Waals surface area contributed by atoms with E-state index in [-0.39, 0.29) is 36.3 Å². The van der Waals surface area contributed by atoms with Gasteiger partial charge in [0.1, 0.15) is 11.5 Å². The fraction of sp³-hybridized carbons (Fsp3) is 0.320. The number of aryl methyl sites for hydroxylation is 2. The maximum atomic E-state index is 12.8. The number of hydrogen-bond donors (Lipinski definition) is 3. The third kappa shape index (κ3) is 6.28. The summed E-state index contributed by atoms with van der Waals surface area (Å²) in [5, 5.41) is 2.63. The van der Waals surface area contributed by atoms with Gasteiger partial charge in [-0.05, 0) is 74.1 Å². The SMILES string of the molecule is CC(=O)C[C@H](NC(=O)CCc1cccc2c1CCc1cc(N=C(N)N)ccc1C(=O)O2)C(C)=O. The number of carbonyl (C=O) groups excluding carboxylic acids is 4. The number of ether oxygens (including phenoxy) is 1. The van der Waals surface area contributed by atoms with Gasteiger partial charge in [0.05, 0.1) is 17.3 Å². The van der Waals surface area contributed by atoms with E-state index in [4.69, 9.17) is 16.2 Å². The van der Waals surface area contributed by atoms with E-state index in [1.54, 1.807) is 30.3 Å². The summed E-state index contributed by atoms with van der Waals surface area (Å²) in [6, 6.07) is 9.62. The first-order valence-corrected chi connectivity index (χ1v) is 11.0. The number of ketones is 2. The van der Waals surface area contributed by atoms with Crippen LogP contribution in [0.25, 0.3) is 0 Å². The Morgan fingerprint density at radius 1 is 1.12 bits per heavy atom. The maximum Gasteiger partial charge on any atom is 0.343 e. The Morgan fingerprint density at radius 2 is 1.88 bits per heavy atom. The molecule has 1 amide bonds. The van der Waals surface area contributed by atoms with Crippen molar-refractivity contribution in [1.29, 1.82) is 0 Å². The fourth-order valence-electron chi connectivity index (χ4n) is 3.94. The molecular formula is C25H28N4O5. The summed E-state index contributed by atoms with van der Waals surface area (Å²) in [6.45, 7) is 2.72. The van der Waals surface area contributed by atoms with Crippen molar-refractivity contribution in [2.24, 2.45) is 16.5 Å². The van der Waals surface area contributed by atoms with E-state index >= 15 is 0 Å². The van der Waals surface area contributed by atoms with E-state index in [0.29, 0.717) is 36.3 Å². The molecule has 34 heavy (non-hydrogen) atoms. The number of nitrogens with two attached hydrogens (primary N) is 2. The molecule has 0 saturated heterocycles. The minimum Gasteiger partial charge on any atom is -0.423 e. The number of amides is 1. The van der Waals surface area contributed by atoms with Crippen LogP contribution < -0.4 is 21.5 Å². The van der Waals surface area contributed by atoms with Crippen molar-refractivity contribution in [3.05, 3.63) is 58.7 Å². The van der Waals surface area contributed by atoms with Crippen LogP contribution >= 0.6 is 0 Å². The van der Waals surface area contributed by atoms with Gasteiger partial charge < -0.3 is 21.5 Å². The van der Waals surface area contributed by atoms with Crippen LogP contribution in [0.3, 0.4) is 0 Å². The number of carbonyl (C=O) groups is 4. The van der Waals surface area contributed by atoms with Crippen molar-refractivity contribution in [2.45, 2.75) is 52.0 Å². The Kier molecular flexibility index (Phi) is 7.78. The second-order valence-electron chi connectivity index (χ2n) is 8.30. The molecule has 0 spiro atoms. The summed E-state index contributed by atoms with van der Waals surface area (Å²) in [5.41, 5.74) is 14.4. The lowest BCUT2D eigenvalue weighted by molar-refractivity contribution is -0.128. The number of hydrogen-bond acceptors (Lipinski definition) is 6. The standard InChI is InChI=1S/C25H28N4O5/c1-14(30)12-21(15(2)31)29-23(32)11-7-16-4-3-5-22-19(16)9-6-17-13-18(28-25(26)27)8-10-20(17)24(33)34-22/h3-5,8,10,13,21H,6-7,9,11-12H2,1-2H3,(H,29,32)(H4,26,27,28)/t21-/m0/s1. The monoisotopic (exact) mass is 464 g/mol. The van der Waals surface area contributed by atoms with E-state index in [1.165, 1.54) is 13.8 Å². The van der Waals surface area contributed by atoms with Crippen molar-refractivity contribution in [3.8, 4) is 5.75 Å². The predicted molar refractivity (Wildman–Crippen MR) is 127 cm³/mol. The quantitative estimate of drug-likeness (QED) is 0.233. The highest BCUT2D eigenvalue weighted by Crippen LogP contribution is 2.30. The summed E-state index contributed by atoms with van der Waals surface area (Å²) in [5.74, 6) is -0.853. The lowest BCUT2D eigenvalue weighted by Gasteiger charge is -2.20. The van der Waals surface area contributed by atoms with E-state index in [9.17, 15) is 19.2 Å². The summed E-state index contributed by atoms with van der Waals surface area (Å²) in [4.78, 5) is 52.4. The molecule has 0 radical (unpaired) electrons. The Hall–Kier alpha value is -4.01.